The molecule has 1 amide bonds. The summed E-state index contributed by atoms with van der Waals surface area (Å²) in [6.45, 7) is 6.00. The molecule has 2 rings (SSSR count). The maximum Gasteiger partial charge on any atom is 0.226 e. The largest absolute Gasteiger partial charge is 0.352 e. The summed E-state index contributed by atoms with van der Waals surface area (Å²) in [5.41, 5.74) is 0.850. The molecule has 0 unspecified atom stereocenters. The Morgan fingerprint density at radius 2 is 2.11 bits per heavy atom. The van der Waals surface area contributed by atoms with Crippen molar-refractivity contribution in [3.63, 3.8) is 0 Å². The topological polar surface area (TPSA) is 41.1 Å². The molecule has 19 heavy (non-hydrogen) atoms. The van der Waals surface area contributed by atoms with Crippen molar-refractivity contribution in [3.8, 4) is 0 Å². The Hall–Kier alpha value is -1.35. The molecule has 0 aliphatic carbocycles. The summed E-state index contributed by atoms with van der Waals surface area (Å²) in [7, 11) is 0. The fraction of sp³-hybridized carbons (Fsp3) is 0.562. The van der Waals surface area contributed by atoms with Crippen molar-refractivity contribution in [2.75, 3.05) is 13.1 Å². The van der Waals surface area contributed by atoms with Crippen molar-refractivity contribution in [2.24, 2.45) is 5.41 Å². The molecule has 1 aromatic carbocycles. The van der Waals surface area contributed by atoms with Crippen LogP contribution < -0.4 is 10.6 Å². The predicted molar refractivity (Wildman–Crippen MR) is 78.0 cm³/mol. The van der Waals surface area contributed by atoms with Gasteiger partial charge in [-0.25, -0.2) is 0 Å². The molecule has 0 radical (unpaired) electrons. The van der Waals surface area contributed by atoms with Gasteiger partial charge in [0.25, 0.3) is 0 Å². The Bertz CT molecular complexity index is 408. The number of rotatable bonds is 4. The van der Waals surface area contributed by atoms with Crippen LogP contribution in [0, 0.1) is 5.41 Å². The first kappa shape index (κ1) is 14.1. The van der Waals surface area contributed by atoms with E-state index in [2.05, 4.69) is 22.8 Å². The molecule has 2 N–H and O–H groups in total. The van der Waals surface area contributed by atoms with E-state index >= 15 is 0 Å². The number of carbonyl (C=O) groups is 1. The highest BCUT2D eigenvalue weighted by Crippen LogP contribution is 2.22. The molecule has 1 saturated heterocycles. The van der Waals surface area contributed by atoms with Gasteiger partial charge in [0.15, 0.2) is 0 Å². The lowest BCUT2D eigenvalue weighted by molar-refractivity contribution is -0.130. The van der Waals surface area contributed by atoms with Crippen molar-refractivity contribution in [1.29, 1.82) is 0 Å². The van der Waals surface area contributed by atoms with Gasteiger partial charge in [-0.2, -0.15) is 0 Å². The van der Waals surface area contributed by atoms with Gasteiger partial charge in [-0.05, 0) is 31.4 Å². The van der Waals surface area contributed by atoms with E-state index in [-0.39, 0.29) is 17.4 Å². The molecule has 0 aromatic heterocycles. The number of benzene rings is 1. The van der Waals surface area contributed by atoms with Crippen LogP contribution in [0.4, 0.5) is 0 Å². The van der Waals surface area contributed by atoms with Crippen LogP contribution in [0.2, 0.25) is 0 Å². The molecule has 1 aliphatic rings. The lowest BCUT2D eigenvalue weighted by Gasteiger charge is -2.29. The molecule has 0 bridgehead atoms. The summed E-state index contributed by atoms with van der Waals surface area (Å²) in [4.78, 5) is 12.4. The quantitative estimate of drug-likeness (QED) is 0.870. The number of piperidine rings is 1. The van der Waals surface area contributed by atoms with Crippen LogP contribution in [0.15, 0.2) is 30.3 Å². The molecule has 1 aromatic rings. The van der Waals surface area contributed by atoms with E-state index < -0.39 is 0 Å². The number of amides is 1. The highest BCUT2D eigenvalue weighted by atomic mass is 16.2. The molecule has 3 heteroatoms. The highest BCUT2D eigenvalue weighted by Gasteiger charge is 2.29. The van der Waals surface area contributed by atoms with Crippen LogP contribution in [0.1, 0.15) is 32.3 Å². The fourth-order valence-corrected chi connectivity index (χ4v) is 2.54. The summed E-state index contributed by atoms with van der Waals surface area (Å²) in [6.07, 6.45) is 3.00. The summed E-state index contributed by atoms with van der Waals surface area (Å²) in [5.74, 6) is 0.157. The van der Waals surface area contributed by atoms with Crippen LogP contribution in [-0.2, 0) is 11.2 Å². The van der Waals surface area contributed by atoms with E-state index in [9.17, 15) is 4.79 Å². The molecule has 104 valence electrons. The molecule has 1 fully saturated rings. The third kappa shape index (κ3) is 4.06. The minimum Gasteiger partial charge on any atom is -0.352 e. The monoisotopic (exact) mass is 260 g/mol. The Morgan fingerprint density at radius 3 is 2.74 bits per heavy atom. The second-order valence-electron chi connectivity index (χ2n) is 6.06. The predicted octanol–water partition coefficient (Wildman–Crippen LogP) is 2.12. The summed E-state index contributed by atoms with van der Waals surface area (Å²) < 4.78 is 0. The van der Waals surface area contributed by atoms with Crippen LogP contribution >= 0.6 is 0 Å². The molecule has 0 saturated carbocycles. The van der Waals surface area contributed by atoms with Crippen molar-refractivity contribution < 1.29 is 4.79 Å². The number of hydrogen-bond donors (Lipinski definition) is 2. The normalized spacial score (nSPS) is 20.0. The maximum absolute atomic E-state index is 12.4. The SMILES string of the molecule is CC(C)(Cc1ccccc1)C(=O)N[C@H]1CCCNC1. The highest BCUT2D eigenvalue weighted by molar-refractivity contribution is 5.82. The Morgan fingerprint density at radius 1 is 1.37 bits per heavy atom. The van der Waals surface area contributed by atoms with Crippen molar-refractivity contribution >= 4 is 5.91 Å². The Labute approximate surface area is 115 Å². The minimum atomic E-state index is -0.362. The van der Waals surface area contributed by atoms with Crippen molar-refractivity contribution in [3.05, 3.63) is 35.9 Å². The lowest BCUT2D eigenvalue weighted by Crippen LogP contribution is -2.50. The second kappa shape index (κ2) is 6.20. The van der Waals surface area contributed by atoms with Gasteiger partial charge >= 0.3 is 0 Å². The fourth-order valence-electron chi connectivity index (χ4n) is 2.54. The summed E-state index contributed by atoms with van der Waals surface area (Å²) in [6, 6.07) is 10.5. The van der Waals surface area contributed by atoms with E-state index in [0.29, 0.717) is 0 Å². The molecular weight excluding hydrogens is 236 g/mol. The van der Waals surface area contributed by atoms with Gasteiger partial charge in [0.05, 0.1) is 0 Å². The van der Waals surface area contributed by atoms with Crippen LogP contribution in [0.3, 0.4) is 0 Å². The van der Waals surface area contributed by atoms with Gasteiger partial charge in [0.2, 0.25) is 5.91 Å². The van der Waals surface area contributed by atoms with E-state index in [1.54, 1.807) is 0 Å². The van der Waals surface area contributed by atoms with E-state index in [4.69, 9.17) is 0 Å². The molecule has 1 aliphatic heterocycles. The molecule has 0 spiro atoms. The van der Waals surface area contributed by atoms with Gasteiger partial charge in [0, 0.05) is 18.0 Å². The molecule has 3 nitrogen and oxygen atoms in total. The molecule has 1 atom stereocenters. The Kier molecular flexibility index (Phi) is 4.59. The van der Waals surface area contributed by atoms with Gasteiger partial charge in [-0.3, -0.25) is 4.79 Å². The van der Waals surface area contributed by atoms with E-state index in [1.807, 2.05) is 32.0 Å². The zero-order chi connectivity index (χ0) is 13.7. The van der Waals surface area contributed by atoms with Gasteiger partial charge in [-0.15, -0.1) is 0 Å². The van der Waals surface area contributed by atoms with Gasteiger partial charge in [0.1, 0.15) is 0 Å². The number of carbonyl (C=O) groups excluding carboxylic acids is 1. The lowest BCUT2D eigenvalue weighted by atomic mass is 9.84. The number of hydrogen-bond acceptors (Lipinski definition) is 2. The smallest absolute Gasteiger partial charge is 0.226 e. The van der Waals surface area contributed by atoms with Crippen molar-refractivity contribution in [2.45, 2.75) is 39.2 Å². The Balaban J connectivity index is 1.92. The maximum atomic E-state index is 12.4. The average Bonchev–Trinajstić information content (AvgIpc) is 2.40. The van der Waals surface area contributed by atoms with E-state index in [1.165, 1.54) is 5.56 Å². The van der Waals surface area contributed by atoms with Gasteiger partial charge in [-0.1, -0.05) is 44.2 Å². The third-order valence-corrected chi connectivity index (χ3v) is 3.74. The zero-order valence-electron chi connectivity index (χ0n) is 11.9. The first-order valence-electron chi connectivity index (χ1n) is 7.13. The molecule has 1 heterocycles. The second-order valence-corrected chi connectivity index (χ2v) is 6.06. The average molecular weight is 260 g/mol. The molecular formula is C16H24N2O. The zero-order valence-corrected chi connectivity index (χ0v) is 11.9. The van der Waals surface area contributed by atoms with Crippen LogP contribution in [0.5, 0.6) is 0 Å². The van der Waals surface area contributed by atoms with Crippen molar-refractivity contribution in [1.82, 2.24) is 10.6 Å². The first-order chi connectivity index (χ1) is 9.08. The van der Waals surface area contributed by atoms with Crippen LogP contribution in [0.25, 0.3) is 0 Å². The minimum absolute atomic E-state index is 0.157. The third-order valence-electron chi connectivity index (χ3n) is 3.74. The van der Waals surface area contributed by atoms with Gasteiger partial charge < -0.3 is 10.6 Å². The first-order valence-corrected chi connectivity index (χ1v) is 7.13. The number of nitrogens with one attached hydrogen (secondary N) is 2. The standard InChI is InChI=1S/C16H24N2O/c1-16(2,11-13-7-4-3-5-8-13)15(19)18-14-9-6-10-17-12-14/h3-5,7-8,14,17H,6,9-12H2,1-2H3,(H,18,19)/t14-/m0/s1. The van der Waals surface area contributed by atoms with Crippen LogP contribution in [-0.4, -0.2) is 25.0 Å². The van der Waals surface area contributed by atoms with E-state index in [0.717, 1.165) is 32.4 Å². The summed E-state index contributed by atoms with van der Waals surface area (Å²) in [5, 5.41) is 6.50. The summed E-state index contributed by atoms with van der Waals surface area (Å²) >= 11 is 0.